The van der Waals surface area contributed by atoms with Gasteiger partial charge in [-0.25, -0.2) is 0 Å². The third-order valence-electron chi connectivity index (χ3n) is 2.10. The van der Waals surface area contributed by atoms with Gasteiger partial charge in [0.05, 0.1) is 12.2 Å². The zero-order valence-corrected chi connectivity index (χ0v) is 11.0. The first-order valence-corrected chi connectivity index (χ1v) is 6.10. The summed E-state index contributed by atoms with van der Waals surface area (Å²) in [4.78, 5) is 0. The molecule has 0 aromatic heterocycles. The maximum absolute atomic E-state index is 5.59. The Balaban J connectivity index is 1.95. The Morgan fingerprint density at radius 3 is 2.29 bits per heavy atom. The van der Waals surface area contributed by atoms with Crippen LogP contribution in [0.25, 0.3) is 0 Å². The number of para-hydroxylation sites is 1. The van der Waals surface area contributed by atoms with Gasteiger partial charge < -0.3 is 14.8 Å². The van der Waals surface area contributed by atoms with Crippen LogP contribution in [0.1, 0.15) is 20.8 Å². The lowest BCUT2D eigenvalue weighted by atomic mass is 10.2. The second-order valence-corrected chi connectivity index (χ2v) is 4.87. The van der Waals surface area contributed by atoms with Crippen molar-refractivity contribution in [1.82, 2.24) is 5.32 Å². The minimum absolute atomic E-state index is 0.0534. The lowest BCUT2D eigenvalue weighted by Gasteiger charge is -2.19. The van der Waals surface area contributed by atoms with E-state index < -0.39 is 0 Å². The summed E-state index contributed by atoms with van der Waals surface area (Å²) in [5, 5.41) is 3.28. The molecule has 1 aromatic carbocycles. The quantitative estimate of drug-likeness (QED) is 0.739. The van der Waals surface area contributed by atoms with Gasteiger partial charge in [-0.15, -0.1) is 0 Å². The van der Waals surface area contributed by atoms with Crippen molar-refractivity contribution in [3.8, 4) is 5.75 Å². The normalized spacial score (nSPS) is 11.5. The van der Waals surface area contributed by atoms with Crippen LogP contribution in [0.2, 0.25) is 0 Å². The average molecular weight is 237 g/mol. The van der Waals surface area contributed by atoms with E-state index in [4.69, 9.17) is 9.47 Å². The minimum atomic E-state index is -0.0534. The molecule has 0 fully saturated rings. The summed E-state index contributed by atoms with van der Waals surface area (Å²) in [6.45, 7) is 9.29. The highest BCUT2D eigenvalue weighted by atomic mass is 16.5. The number of nitrogens with one attached hydrogen (secondary N) is 1. The maximum Gasteiger partial charge on any atom is 0.119 e. The van der Waals surface area contributed by atoms with Gasteiger partial charge in [-0.2, -0.15) is 0 Å². The molecule has 0 spiro atoms. The van der Waals surface area contributed by atoms with Gasteiger partial charge in [0.15, 0.2) is 0 Å². The zero-order chi connectivity index (χ0) is 12.6. The highest BCUT2D eigenvalue weighted by Crippen LogP contribution is 2.07. The smallest absolute Gasteiger partial charge is 0.119 e. The first-order valence-electron chi connectivity index (χ1n) is 6.10. The fraction of sp³-hybridized carbons (Fsp3) is 0.571. The second kappa shape index (κ2) is 7.30. The van der Waals surface area contributed by atoms with Crippen LogP contribution in [-0.2, 0) is 4.74 Å². The molecule has 0 saturated heterocycles. The predicted molar refractivity (Wildman–Crippen MR) is 70.5 cm³/mol. The first kappa shape index (κ1) is 14.0. The standard InChI is InChI=1S/C14H23NO2/c1-14(2,3)17-12-10-15-9-11-16-13-7-5-4-6-8-13/h4-8,15H,9-12H2,1-3H3. The summed E-state index contributed by atoms with van der Waals surface area (Å²) < 4.78 is 11.1. The molecule has 3 nitrogen and oxygen atoms in total. The number of hydrogen-bond acceptors (Lipinski definition) is 3. The van der Waals surface area contributed by atoms with E-state index in [1.807, 2.05) is 30.3 Å². The van der Waals surface area contributed by atoms with Gasteiger partial charge in [-0.05, 0) is 32.9 Å². The Bertz CT molecular complexity index is 293. The van der Waals surface area contributed by atoms with Gasteiger partial charge in [0, 0.05) is 13.1 Å². The van der Waals surface area contributed by atoms with E-state index in [2.05, 4.69) is 26.1 Å². The van der Waals surface area contributed by atoms with Crippen LogP contribution in [0.15, 0.2) is 30.3 Å². The summed E-state index contributed by atoms with van der Waals surface area (Å²) in [5.74, 6) is 0.917. The molecule has 0 unspecified atom stereocenters. The van der Waals surface area contributed by atoms with Crippen molar-refractivity contribution >= 4 is 0 Å². The van der Waals surface area contributed by atoms with Crippen LogP contribution < -0.4 is 10.1 Å². The van der Waals surface area contributed by atoms with E-state index in [0.717, 1.165) is 25.4 Å². The number of benzene rings is 1. The fourth-order valence-corrected chi connectivity index (χ4v) is 1.31. The highest BCUT2D eigenvalue weighted by molar-refractivity contribution is 5.20. The van der Waals surface area contributed by atoms with Crippen LogP contribution >= 0.6 is 0 Å². The molecule has 1 aromatic rings. The third kappa shape index (κ3) is 7.77. The van der Waals surface area contributed by atoms with Crippen molar-refractivity contribution in [2.24, 2.45) is 0 Å². The monoisotopic (exact) mass is 237 g/mol. The molecule has 0 atom stereocenters. The van der Waals surface area contributed by atoms with E-state index in [-0.39, 0.29) is 5.60 Å². The topological polar surface area (TPSA) is 30.5 Å². The van der Waals surface area contributed by atoms with Crippen molar-refractivity contribution < 1.29 is 9.47 Å². The molecular weight excluding hydrogens is 214 g/mol. The Kier molecular flexibility index (Phi) is 6.01. The van der Waals surface area contributed by atoms with Crippen LogP contribution in [0.4, 0.5) is 0 Å². The second-order valence-electron chi connectivity index (χ2n) is 4.87. The van der Waals surface area contributed by atoms with Crippen molar-refractivity contribution in [2.75, 3.05) is 26.3 Å². The van der Waals surface area contributed by atoms with Crippen LogP contribution in [0, 0.1) is 0 Å². The maximum atomic E-state index is 5.59. The van der Waals surface area contributed by atoms with Gasteiger partial charge in [0.2, 0.25) is 0 Å². The molecule has 1 rings (SSSR count). The summed E-state index contributed by atoms with van der Waals surface area (Å²) in [5.41, 5.74) is -0.0534. The van der Waals surface area contributed by atoms with Gasteiger partial charge >= 0.3 is 0 Å². The summed E-state index contributed by atoms with van der Waals surface area (Å²) in [6.07, 6.45) is 0. The molecule has 17 heavy (non-hydrogen) atoms. The average Bonchev–Trinajstić information content (AvgIpc) is 2.28. The van der Waals surface area contributed by atoms with Gasteiger partial charge in [0.25, 0.3) is 0 Å². The lowest BCUT2D eigenvalue weighted by molar-refractivity contribution is -0.000913. The third-order valence-corrected chi connectivity index (χ3v) is 2.10. The van der Waals surface area contributed by atoms with E-state index in [1.54, 1.807) is 0 Å². The highest BCUT2D eigenvalue weighted by Gasteiger charge is 2.08. The Morgan fingerprint density at radius 2 is 1.65 bits per heavy atom. The van der Waals surface area contributed by atoms with Crippen LogP contribution in [-0.4, -0.2) is 31.9 Å². The molecule has 0 saturated carbocycles. The van der Waals surface area contributed by atoms with Crippen molar-refractivity contribution in [3.63, 3.8) is 0 Å². The van der Waals surface area contributed by atoms with E-state index in [1.165, 1.54) is 0 Å². The van der Waals surface area contributed by atoms with Gasteiger partial charge in [-0.3, -0.25) is 0 Å². The predicted octanol–water partition coefficient (Wildman–Crippen LogP) is 2.47. The molecule has 0 radical (unpaired) electrons. The Labute approximate surface area is 104 Å². The molecule has 0 amide bonds. The first-order chi connectivity index (χ1) is 8.08. The van der Waals surface area contributed by atoms with Crippen molar-refractivity contribution in [1.29, 1.82) is 0 Å². The van der Waals surface area contributed by atoms with E-state index in [9.17, 15) is 0 Å². The summed E-state index contributed by atoms with van der Waals surface area (Å²) in [6, 6.07) is 9.85. The molecule has 0 bridgehead atoms. The largest absolute Gasteiger partial charge is 0.492 e. The Morgan fingerprint density at radius 1 is 1.00 bits per heavy atom. The van der Waals surface area contributed by atoms with Crippen molar-refractivity contribution in [3.05, 3.63) is 30.3 Å². The Hall–Kier alpha value is -1.06. The molecule has 1 N–H and O–H groups in total. The number of ether oxygens (including phenoxy) is 2. The lowest BCUT2D eigenvalue weighted by Crippen LogP contribution is -2.29. The molecule has 0 aliphatic rings. The van der Waals surface area contributed by atoms with Crippen molar-refractivity contribution in [2.45, 2.75) is 26.4 Å². The number of hydrogen-bond donors (Lipinski definition) is 1. The molecule has 3 heteroatoms. The number of rotatable bonds is 7. The molecule has 0 heterocycles. The summed E-state index contributed by atoms with van der Waals surface area (Å²) >= 11 is 0. The SMILES string of the molecule is CC(C)(C)OCCNCCOc1ccccc1. The molecular formula is C14H23NO2. The molecule has 0 aliphatic carbocycles. The van der Waals surface area contributed by atoms with Gasteiger partial charge in [0.1, 0.15) is 12.4 Å². The molecule has 96 valence electrons. The van der Waals surface area contributed by atoms with E-state index in [0.29, 0.717) is 6.61 Å². The van der Waals surface area contributed by atoms with E-state index >= 15 is 0 Å². The molecule has 0 aliphatic heterocycles. The van der Waals surface area contributed by atoms with Crippen LogP contribution in [0.5, 0.6) is 5.75 Å². The summed E-state index contributed by atoms with van der Waals surface area (Å²) in [7, 11) is 0. The van der Waals surface area contributed by atoms with Gasteiger partial charge in [-0.1, -0.05) is 18.2 Å². The fourth-order valence-electron chi connectivity index (χ4n) is 1.31. The minimum Gasteiger partial charge on any atom is -0.492 e. The zero-order valence-electron chi connectivity index (χ0n) is 11.0. The van der Waals surface area contributed by atoms with Crippen LogP contribution in [0.3, 0.4) is 0 Å².